The standard InChI is InChI=1S/C12H12FN/c1-8(2)9-4-3-5-11-10(9)6-7-14-12(11)13/h3-8H,1-2H3. The van der Waals surface area contributed by atoms with Crippen LogP contribution in [-0.2, 0) is 0 Å². The summed E-state index contributed by atoms with van der Waals surface area (Å²) >= 11 is 0. The Kier molecular flexibility index (Phi) is 2.20. The van der Waals surface area contributed by atoms with Crippen molar-refractivity contribution < 1.29 is 4.39 Å². The first-order chi connectivity index (χ1) is 6.70. The molecular weight excluding hydrogens is 177 g/mol. The van der Waals surface area contributed by atoms with Gasteiger partial charge >= 0.3 is 0 Å². The first-order valence-corrected chi connectivity index (χ1v) is 4.73. The Morgan fingerprint density at radius 3 is 2.64 bits per heavy atom. The summed E-state index contributed by atoms with van der Waals surface area (Å²) in [5.41, 5.74) is 1.17. The van der Waals surface area contributed by atoms with Crippen molar-refractivity contribution >= 4 is 10.8 Å². The smallest absolute Gasteiger partial charge is 0.220 e. The van der Waals surface area contributed by atoms with Crippen LogP contribution in [0, 0.1) is 5.95 Å². The highest BCUT2D eigenvalue weighted by atomic mass is 19.1. The summed E-state index contributed by atoms with van der Waals surface area (Å²) in [6, 6.07) is 7.55. The number of pyridine rings is 1. The largest absolute Gasteiger partial charge is 0.228 e. The van der Waals surface area contributed by atoms with Crippen LogP contribution in [0.5, 0.6) is 0 Å². The fourth-order valence-electron chi connectivity index (χ4n) is 1.70. The maximum absolute atomic E-state index is 13.3. The van der Waals surface area contributed by atoms with Crippen LogP contribution in [0.25, 0.3) is 10.8 Å². The molecule has 1 aromatic heterocycles. The molecule has 1 aromatic carbocycles. The van der Waals surface area contributed by atoms with Crippen molar-refractivity contribution in [2.45, 2.75) is 19.8 Å². The minimum Gasteiger partial charge on any atom is -0.228 e. The molecule has 0 atom stereocenters. The molecule has 0 aliphatic carbocycles. The van der Waals surface area contributed by atoms with Crippen LogP contribution in [0.2, 0.25) is 0 Å². The maximum Gasteiger partial charge on any atom is 0.220 e. The molecular formula is C12H12FN. The van der Waals surface area contributed by atoms with Gasteiger partial charge in [0.15, 0.2) is 0 Å². The molecule has 0 aliphatic rings. The van der Waals surface area contributed by atoms with E-state index < -0.39 is 0 Å². The van der Waals surface area contributed by atoms with E-state index in [1.54, 1.807) is 6.07 Å². The fraction of sp³-hybridized carbons (Fsp3) is 0.250. The Labute approximate surface area is 82.6 Å². The molecule has 2 heteroatoms. The molecule has 0 bridgehead atoms. The quantitative estimate of drug-likeness (QED) is 0.626. The Morgan fingerprint density at radius 1 is 1.14 bits per heavy atom. The third kappa shape index (κ3) is 1.37. The van der Waals surface area contributed by atoms with Crippen molar-refractivity contribution in [3.05, 3.63) is 42.0 Å². The molecule has 2 rings (SSSR count). The maximum atomic E-state index is 13.3. The highest BCUT2D eigenvalue weighted by molar-refractivity contribution is 5.85. The number of hydrogen-bond donors (Lipinski definition) is 0. The molecule has 0 saturated heterocycles. The summed E-state index contributed by atoms with van der Waals surface area (Å²) in [7, 11) is 0. The minimum absolute atomic E-state index is 0.384. The van der Waals surface area contributed by atoms with E-state index in [2.05, 4.69) is 18.8 Å². The minimum atomic E-state index is -0.384. The van der Waals surface area contributed by atoms with Gasteiger partial charge in [-0.15, -0.1) is 0 Å². The van der Waals surface area contributed by atoms with Crippen LogP contribution in [0.1, 0.15) is 25.3 Å². The lowest BCUT2D eigenvalue weighted by Gasteiger charge is -2.09. The van der Waals surface area contributed by atoms with Crippen molar-refractivity contribution in [3.63, 3.8) is 0 Å². The topological polar surface area (TPSA) is 12.9 Å². The van der Waals surface area contributed by atoms with E-state index in [-0.39, 0.29) is 5.95 Å². The number of aromatic nitrogens is 1. The third-order valence-corrected chi connectivity index (χ3v) is 2.41. The van der Waals surface area contributed by atoms with Crippen LogP contribution in [0.15, 0.2) is 30.5 Å². The summed E-state index contributed by atoms with van der Waals surface area (Å²) in [6.45, 7) is 4.21. The molecule has 14 heavy (non-hydrogen) atoms. The van der Waals surface area contributed by atoms with Crippen molar-refractivity contribution in [1.29, 1.82) is 0 Å². The molecule has 1 heterocycles. The molecule has 72 valence electrons. The van der Waals surface area contributed by atoms with E-state index in [0.717, 1.165) is 5.39 Å². The summed E-state index contributed by atoms with van der Waals surface area (Å²) in [5.74, 6) is 0.0190. The summed E-state index contributed by atoms with van der Waals surface area (Å²) in [4.78, 5) is 3.64. The first kappa shape index (κ1) is 9.13. The monoisotopic (exact) mass is 189 g/mol. The summed E-state index contributed by atoms with van der Waals surface area (Å²) < 4.78 is 13.3. The van der Waals surface area contributed by atoms with Gasteiger partial charge in [-0.1, -0.05) is 26.0 Å². The lowest BCUT2D eigenvalue weighted by molar-refractivity contribution is 0.596. The summed E-state index contributed by atoms with van der Waals surface area (Å²) in [5, 5.41) is 1.58. The Hall–Kier alpha value is -1.44. The zero-order chi connectivity index (χ0) is 10.1. The number of hydrogen-bond acceptors (Lipinski definition) is 1. The second-order valence-corrected chi connectivity index (χ2v) is 3.70. The van der Waals surface area contributed by atoms with E-state index in [0.29, 0.717) is 11.3 Å². The molecule has 0 amide bonds. The van der Waals surface area contributed by atoms with E-state index in [4.69, 9.17) is 0 Å². The van der Waals surface area contributed by atoms with Crippen LogP contribution in [-0.4, -0.2) is 4.98 Å². The van der Waals surface area contributed by atoms with Crippen molar-refractivity contribution in [2.24, 2.45) is 0 Å². The van der Waals surface area contributed by atoms with Crippen LogP contribution >= 0.6 is 0 Å². The van der Waals surface area contributed by atoms with Crippen LogP contribution in [0.4, 0.5) is 4.39 Å². The van der Waals surface area contributed by atoms with Crippen LogP contribution < -0.4 is 0 Å². The predicted octanol–water partition coefficient (Wildman–Crippen LogP) is 3.50. The molecule has 1 nitrogen and oxygen atoms in total. The number of halogens is 1. The molecule has 0 saturated carbocycles. The average Bonchev–Trinajstić information content (AvgIpc) is 2.17. The highest BCUT2D eigenvalue weighted by Crippen LogP contribution is 2.25. The highest BCUT2D eigenvalue weighted by Gasteiger charge is 2.07. The van der Waals surface area contributed by atoms with Gasteiger partial charge in [-0.25, -0.2) is 4.98 Å². The summed E-state index contributed by atoms with van der Waals surface area (Å²) in [6.07, 6.45) is 1.52. The molecule has 2 aromatic rings. The van der Waals surface area contributed by atoms with Crippen molar-refractivity contribution in [3.8, 4) is 0 Å². The van der Waals surface area contributed by atoms with E-state index in [1.807, 2.05) is 18.2 Å². The van der Waals surface area contributed by atoms with Gasteiger partial charge in [-0.05, 0) is 29.0 Å². The molecule has 0 radical (unpaired) electrons. The first-order valence-electron chi connectivity index (χ1n) is 4.73. The number of nitrogens with zero attached hydrogens (tertiary/aromatic N) is 1. The lowest BCUT2D eigenvalue weighted by Crippen LogP contribution is -1.92. The molecule has 0 spiro atoms. The second-order valence-electron chi connectivity index (χ2n) is 3.70. The van der Waals surface area contributed by atoms with Gasteiger partial charge in [0.1, 0.15) is 0 Å². The van der Waals surface area contributed by atoms with E-state index in [1.165, 1.54) is 11.8 Å². The van der Waals surface area contributed by atoms with Gasteiger partial charge in [0.05, 0.1) is 0 Å². The Balaban J connectivity index is 2.81. The van der Waals surface area contributed by atoms with Gasteiger partial charge in [-0.3, -0.25) is 0 Å². The molecule has 0 unspecified atom stereocenters. The van der Waals surface area contributed by atoms with Gasteiger partial charge in [0, 0.05) is 11.6 Å². The average molecular weight is 189 g/mol. The molecule has 0 fully saturated rings. The van der Waals surface area contributed by atoms with Gasteiger partial charge in [-0.2, -0.15) is 4.39 Å². The normalized spacial score (nSPS) is 11.1. The zero-order valence-corrected chi connectivity index (χ0v) is 8.29. The lowest BCUT2D eigenvalue weighted by atomic mass is 9.97. The van der Waals surface area contributed by atoms with E-state index in [9.17, 15) is 4.39 Å². The van der Waals surface area contributed by atoms with Gasteiger partial charge in [0.2, 0.25) is 5.95 Å². The second kappa shape index (κ2) is 3.37. The zero-order valence-electron chi connectivity index (χ0n) is 8.29. The van der Waals surface area contributed by atoms with Crippen molar-refractivity contribution in [2.75, 3.05) is 0 Å². The SMILES string of the molecule is CC(C)c1cccc2c(F)nccc12. The van der Waals surface area contributed by atoms with Gasteiger partial charge in [0.25, 0.3) is 0 Å². The third-order valence-electron chi connectivity index (χ3n) is 2.41. The van der Waals surface area contributed by atoms with Crippen LogP contribution in [0.3, 0.4) is 0 Å². The van der Waals surface area contributed by atoms with Crippen molar-refractivity contribution in [1.82, 2.24) is 4.98 Å². The predicted molar refractivity (Wildman–Crippen MR) is 55.8 cm³/mol. The Morgan fingerprint density at radius 2 is 1.93 bits per heavy atom. The molecule has 0 aliphatic heterocycles. The Bertz CT molecular complexity index is 463. The number of rotatable bonds is 1. The van der Waals surface area contributed by atoms with E-state index >= 15 is 0 Å². The fourth-order valence-corrected chi connectivity index (χ4v) is 1.70. The number of benzene rings is 1. The number of fused-ring (bicyclic) bond motifs is 1. The molecule has 0 N–H and O–H groups in total. The van der Waals surface area contributed by atoms with Gasteiger partial charge < -0.3 is 0 Å².